The lowest BCUT2D eigenvalue weighted by atomic mass is 9.97. The Hall–Kier alpha value is -3.18. The van der Waals surface area contributed by atoms with Crippen LogP contribution in [0.5, 0.6) is 5.75 Å². The lowest BCUT2D eigenvalue weighted by Crippen LogP contribution is -2.34. The Labute approximate surface area is 197 Å². The number of esters is 1. The molecule has 0 aliphatic rings. The zero-order valence-corrected chi connectivity index (χ0v) is 20.2. The number of hydrogen-bond acceptors (Lipinski definition) is 5. The first-order chi connectivity index (χ1) is 15.8. The molecule has 0 radical (unpaired) electrons. The van der Waals surface area contributed by atoms with Gasteiger partial charge in [0.2, 0.25) is 0 Å². The summed E-state index contributed by atoms with van der Waals surface area (Å²) in [7, 11) is 1.67. The van der Waals surface area contributed by atoms with E-state index in [2.05, 4.69) is 41.1 Å². The molecule has 5 heteroatoms. The summed E-state index contributed by atoms with van der Waals surface area (Å²) in [6.45, 7) is 8.53. The minimum atomic E-state index is -0.539. The van der Waals surface area contributed by atoms with Crippen LogP contribution in [0.2, 0.25) is 0 Å². The van der Waals surface area contributed by atoms with Gasteiger partial charge in [-0.1, -0.05) is 48.5 Å². The van der Waals surface area contributed by atoms with Crippen molar-refractivity contribution in [2.45, 2.75) is 58.3 Å². The van der Waals surface area contributed by atoms with Crippen molar-refractivity contribution >= 4 is 5.97 Å². The van der Waals surface area contributed by atoms with E-state index in [-0.39, 0.29) is 24.5 Å². The number of carbonyl (C=O) groups excluding carboxylic acids is 1. The van der Waals surface area contributed by atoms with Crippen molar-refractivity contribution in [3.05, 3.63) is 95.8 Å². The molecule has 2 aromatic carbocycles. The minimum absolute atomic E-state index is 0.0313. The summed E-state index contributed by atoms with van der Waals surface area (Å²) >= 11 is 0. The lowest BCUT2D eigenvalue weighted by molar-refractivity contribution is -0.156. The van der Waals surface area contributed by atoms with Crippen LogP contribution in [-0.2, 0) is 16.1 Å². The highest BCUT2D eigenvalue weighted by Crippen LogP contribution is 2.35. The van der Waals surface area contributed by atoms with Gasteiger partial charge in [-0.25, -0.2) is 0 Å². The molecule has 0 bridgehead atoms. The van der Waals surface area contributed by atoms with Gasteiger partial charge in [0.05, 0.1) is 13.5 Å². The van der Waals surface area contributed by atoms with Gasteiger partial charge < -0.3 is 9.47 Å². The molecule has 1 heterocycles. The van der Waals surface area contributed by atoms with E-state index >= 15 is 0 Å². The van der Waals surface area contributed by atoms with E-state index in [1.807, 2.05) is 69.4 Å². The first-order valence-electron chi connectivity index (χ1n) is 11.3. The molecule has 0 spiro atoms. The fourth-order valence-electron chi connectivity index (χ4n) is 3.93. The molecule has 0 saturated heterocycles. The van der Waals surface area contributed by atoms with Crippen LogP contribution < -0.4 is 4.74 Å². The quantitative estimate of drug-likeness (QED) is 0.370. The maximum absolute atomic E-state index is 13.0. The Morgan fingerprint density at radius 1 is 0.970 bits per heavy atom. The van der Waals surface area contributed by atoms with E-state index in [1.165, 1.54) is 5.56 Å². The number of pyridine rings is 1. The fraction of sp³-hybridized carbons (Fsp3) is 0.357. The van der Waals surface area contributed by atoms with Gasteiger partial charge in [-0.2, -0.15) is 0 Å². The Bertz CT molecular complexity index is 999. The highest BCUT2D eigenvalue weighted by molar-refractivity contribution is 5.71. The van der Waals surface area contributed by atoms with Crippen molar-refractivity contribution in [1.82, 2.24) is 9.88 Å². The SMILES string of the molecule is COc1ccc([C@@H](C)N(Cc2ccccc2)[C@@H](CC(=O)OC(C)(C)C)c2cccnc2)cc1. The maximum atomic E-state index is 13.0. The number of ether oxygens (including phenoxy) is 2. The molecule has 0 N–H and O–H groups in total. The predicted molar refractivity (Wildman–Crippen MR) is 131 cm³/mol. The van der Waals surface area contributed by atoms with E-state index in [0.29, 0.717) is 6.54 Å². The van der Waals surface area contributed by atoms with Gasteiger partial charge in [-0.3, -0.25) is 14.7 Å². The van der Waals surface area contributed by atoms with Crippen LogP contribution in [-0.4, -0.2) is 28.6 Å². The van der Waals surface area contributed by atoms with Gasteiger partial charge >= 0.3 is 5.97 Å². The maximum Gasteiger partial charge on any atom is 0.308 e. The highest BCUT2D eigenvalue weighted by Gasteiger charge is 2.30. The molecule has 33 heavy (non-hydrogen) atoms. The molecule has 0 aliphatic carbocycles. The average Bonchev–Trinajstić information content (AvgIpc) is 2.81. The zero-order chi connectivity index (χ0) is 23.8. The summed E-state index contributed by atoms with van der Waals surface area (Å²) < 4.78 is 11.0. The summed E-state index contributed by atoms with van der Waals surface area (Å²) in [6, 6.07) is 22.2. The average molecular weight is 447 g/mol. The van der Waals surface area contributed by atoms with Gasteiger partial charge in [0.1, 0.15) is 11.4 Å². The summed E-state index contributed by atoms with van der Waals surface area (Å²) in [4.78, 5) is 19.6. The van der Waals surface area contributed by atoms with Crippen molar-refractivity contribution < 1.29 is 14.3 Å². The van der Waals surface area contributed by atoms with Crippen LogP contribution in [0.15, 0.2) is 79.1 Å². The standard InChI is InChI=1S/C28H34N2O3/c1-21(23-13-15-25(32-5)16-14-23)30(20-22-10-7-6-8-11-22)26(24-12-9-17-29-19-24)18-27(31)33-28(2,3)4/h6-17,19,21,26H,18,20H2,1-5H3/t21-,26+/m1/s1. The first-order valence-corrected chi connectivity index (χ1v) is 11.3. The monoisotopic (exact) mass is 446 g/mol. The number of aromatic nitrogens is 1. The molecule has 0 fully saturated rings. The molecule has 0 unspecified atom stereocenters. The lowest BCUT2D eigenvalue weighted by Gasteiger charge is -2.37. The molecule has 0 aliphatic heterocycles. The first kappa shape index (κ1) is 24.5. The van der Waals surface area contributed by atoms with Crippen molar-refractivity contribution in [2.75, 3.05) is 7.11 Å². The highest BCUT2D eigenvalue weighted by atomic mass is 16.6. The second-order valence-electron chi connectivity index (χ2n) is 9.20. The molecule has 0 saturated carbocycles. The van der Waals surface area contributed by atoms with Gasteiger partial charge in [0.15, 0.2) is 0 Å². The number of hydrogen-bond donors (Lipinski definition) is 0. The van der Waals surface area contributed by atoms with Gasteiger partial charge in [-0.05, 0) is 62.6 Å². The predicted octanol–water partition coefficient (Wildman–Crippen LogP) is 6.13. The van der Waals surface area contributed by atoms with Crippen LogP contribution >= 0.6 is 0 Å². The number of carbonyl (C=O) groups is 1. The Morgan fingerprint density at radius 3 is 2.24 bits per heavy atom. The third kappa shape index (κ3) is 7.16. The van der Waals surface area contributed by atoms with Crippen molar-refractivity contribution in [1.29, 1.82) is 0 Å². The van der Waals surface area contributed by atoms with E-state index in [4.69, 9.17) is 9.47 Å². The molecule has 174 valence electrons. The third-order valence-corrected chi connectivity index (χ3v) is 5.55. The Kier molecular flexibility index (Phi) is 8.23. The van der Waals surface area contributed by atoms with Crippen LogP contribution in [0.1, 0.15) is 62.9 Å². The third-order valence-electron chi connectivity index (χ3n) is 5.55. The van der Waals surface area contributed by atoms with Crippen molar-refractivity contribution in [2.24, 2.45) is 0 Å². The number of nitrogens with zero attached hydrogens (tertiary/aromatic N) is 2. The minimum Gasteiger partial charge on any atom is -0.497 e. The Morgan fingerprint density at radius 2 is 1.67 bits per heavy atom. The largest absolute Gasteiger partial charge is 0.497 e. The van der Waals surface area contributed by atoms with Crippen molar-refractivity contribution in [3.8, 4) is 5.75 Å². The van der Waals surface area contributed by atoms with Crippen LogP contribution in [0, 0.1) is 0 Å². The molecule has 0 amide bonds. The van der Waals surface area contributed by atoms with Gasteiger partial charge in [0.25, 0.3) is 0 Å². The number of benzene rings is 2. The molecular weight excluding hydrogens is 412 g/mol. The van der Waals surface area contributed by atoms with Gasteiger partial charge in [0, 0.05) is 31.0 Å². The van der Waals surface area contributed by atoms with E-state index in [0.717, 1.165) is 16.9 Å². The second-order valence-corrected chi connectivity index (χ2v) is 9.20. The van der Waals surface area contributed by atoms with E-state index < -0.39 is 5.60 Å². The molecule has 3 rings (SSSR count). The molecule has 5 nitrogen and oxygen atoms in total. The summed E-state index contributed by atoms with van der Waals surface area (Å²) in [5.74, 6) is 0.592. The topological polar surface area (TPSA) is 51.7 Å². The smallest absolute Gasteiger partial charge is 0.308 e. The van der Waals surface area contributed by atoms with Crippen molar-refractivity contribution in [3.63, 3.8) is 0 Å². The summed E-state index contributed by atoms with van der Waals surface area (Å²) in [5.41, 5.74) is 2.77. The molecule has 1 aromatic heterocycles. The van der Waals surface area contributed by atoms with Crippen LogP contribution in [0.3, 0.4) is 0 Å². The van der Waals surface area contributed by atoms with E-state index in [9.17, 15) is 4.79 Å². The Balaban J connectivity index is 2.00. The van der Waals surface area contributed by atoms with Crippen LogP contribution in [0.4, 0.5) is 0 Å². The van der Waals surface area contributed by atoms with Gasteiger partial charge in [-0.15, -0.1) is 0 Å². The fourth-order valence-corrected chi connectivity index (χ4v) is 3.93. The summed E-state index contributed by atoms with van der Waals surface area (Å²) in [5, 5.41) is 0. The second kappa shape index (κ2) is 11.1. The normalized spacial score (nSPS) is 13.4. The zero-order valence-electron chi connectivity index (χ0n) is 20.2. The molecule has 2 atom stereocenters. The number of methoxy groups -OCH3 is 1. The molecule has 3 aromatic rings. The van der Waals surface area contributed by atoms with E-state index in [1.54, 1.807) is 13.3 Å². The molecular formula is C28H34N2O3. The van der Waals surface area contributed by atoms with Crippen LogP contribution in [0.25, 0.3) is 0 Å². The summed E-state index contributed by atoms with van der Waals surface area (Å²) in [6.07, 6.45) is 3.83. The number of rotatable bonds is 9.